The van der Waals surface area contributed by atoms with Crippen LogP contribution in [0.3, 0.4) is 0 Å². The van der Waals surface area contributed by atoms with Crippen molar-refractivity contribution in [2.75, 3.05) is 12.0 Å². The molecule has 0 amide bonds. The van der Waals surface area contributed by atoms with Crippen LogP contribution in [0.2, 0.25) is 0 Å². The van der Waals surface area contributed by atoms with E-state index in [2.05, 4.69) is 9.17 Å². The summed E-state index contributed by atoms with van der Waals surface area (Å²) >= 11 is 0. The second-order valence-corrected chi connectivity index (χ2v) is 3.75. The summed E-state index contributed by atoms with van der Waals surface area (Å²) in [5, 5.41) is 0. The van der Waals surface area contributed by atoms with Crippen molar-refractivity contribution < 1.29 is 12.6 Å². The molecule has 0 aliphatic rings. The fraction of sp³-hybridized carbons (Fsp3) is 0.167. The third-order valence-corrected chi connectivity index (χ3v) is 1.52. The van der Waals surface area contributed by atoms with E-state index in [0.717, 1.165) is 6.26 Å². The van der Waals surface area contributed by atoms with Gasteiger partial charge in [0.2, 0.25) is 0 Å². The Morgan fingerprint density at radius 1 is 1.58 bits per heavy atom. The number of rotatable bonds is 2. The van der Waals surface area contributed by atoms with Gasteiger partial charge in [0.1, 0.15) is 0 Å². The highest BCUT2D eigenvalue weighted by Gasteiger charge is 2.06. The predicted molar refractivity (Wildman–Crippen MR) is 44.1 cm³/mol. The van der Waals surface area contributed by atoms with E-state index in [4.69, 9.17) is 5.73 Å². The van der Waals surface area contributed by atoms with Crippen molar-refractivity contribution >= 4 is 15.9 Å². The summed E-state index contributed by atoms with van der Waals surface area (Å²) in [5.41, 5.74) is 5.33. The molecule has 0 saturated heterocycles. The van der Waals surface area contributed by atoms with Crippen LogP contribution in [0.1, 0.15) is 0 Å². The molecule has 0 bridgehead atoms. The highest BCUT2D eigenvalue weighted by atomic mass is 32.2. The van der Waals surface area contributed by atoms with Crippen molar-refractivity contribution in [2.45, 2.75) is 0 Å². The van der Waals surface area contributed by atoms with E-state index in [1.54, 1.807) is 0 Å². The first-order chi connectivity index (χ1) is 5.49. The maximum Gasteiger partial charge on any atom is 0.306 e. The van der Waals surface area contributed by atoms with E-state index in [-0.39, 0.29) is 11.6 Å². The Hall–Kier alpha value is -1.30. The summed E-state index contributed by atoms with van der Waals surface area (Å²) in [6.45, 7) is 0. The van der Waals surface area contributed by atoms with Crippen LogP contribution in [0.15, 0.2) is 18.3 Å². The van der Waals surface area contributed by atoms with Crippen LogP contribution in [0.4, 0.5) is 5.82 Å². The lowest BCUT2D eigenvalue weighted by atomic mass is 10.4. The zero-order chi connectivity index (χ0) is 9.19. The van der Waals surface area contributed by atoms with Crippen LogP contribution in [0.25, 0.3) is 0 Å². The zero-order valence-corrected chi connectivity index (χ0v) is 7.21. The number of nitrogens with two attached hydrogens (primary N) is 1. The molecule has 2 N–H and O–H groups in total. The van der Waals surface area contributed by atoms with E-state index >= 15 is 0 Å². The van der Waals surface area contributed by atoms with Crippen molar-refractivity contribution in [2.24, 2.45) is 0 Å². The number of hydrogen-bond acceptors (Lipinski definition) is 5. The van der Waals surface area contributed by atoms with Crippen molar-refractivity contribution in [3.8, 4) is 5.75 Å². The molecule has 0 aliphatic carbocycles. The predicted octanol–water partition coefficient (Wildman–Crippen LogP) is 0.00220. The Kier molecular flexibility index (Phi) is 2.18. The molecule has 66 valence electrons. The van der Waals surface area contributed by atoms with Crippen LogP contribution >= 0.6 is 0 Å². The van der Waals surface area contributed by atoms with Gasteiger partial charge >= 0.3 is 10.1 Å². The molecule has 1 rings (SSSR count). The second-order valence-electron chi connectivity index (χ2n) is 2.17. The first kappa shape index (κ1) is 8.79. The Balaban J connectivity index is 2.98. The molecule has 6 heteroatoms. The summed E-state index contributed by atoms with van der Waals surface area (Å²) in [4.78, 5) is 3.65. The first-order valence-corrected chi connectivity index (χ1v) is 4.90. The van der Waals surface area contributed by atoms with Gasteiger partial charge in [-0.15, -0.1) is 0 Å². The summed E-state index contributed by atoms with van der Waals surface area (Å²) < 4.78 is 25.8. The molecule has 0 unspecified atom stereocenters. The van der Waals surface area contributed by atoms with Crippen molar-refractivity contribution in [3.63, 3.8) is 0 Å². The molecule has 1 aromatic rings. The van der Waals surface area contributed by atoms with Gasteiger partial charge in [0.05, 0.1) is 6.26 Å². The smallest absolute Gasteiger partial charge is 0.306 e. The van der Waals surface area contributed by atoms with Gasteiger partial charge in [0, 0.05) is 6.20 Å². The van der Waals surface area contributed by atoms with Gasteiger partial charge in [-0.2, -0.15) is 8.42 Å². The summed E-state index contributed by atoms with van der Waals surface area (Å²) in [6, 6.07) is 2.97. The molecule has 1 heterocycles. The number of aromatic nitrogens is 1. The van der Waals surface area contributed by atoms with Gasteiger partial charge in [-0.05, 0) is 12.1 Å². The van der Waals surface area contributed by atoms with Crippen LogP contribution in [0.5, 0.6) is 5.75 Å². The Morgan fingerprint density at radius 2 is 2.25 bits per heavy atom. The van der Waals surface area contributed by atoms with E-state index in [1.807, 2.05) is 0 Å². The Morgan fingerprint density at radius 3 is 2.75 bits per heavy atom. The average Bonchev–Trinajstić information content (AvgIpc) is 1.91. The monoisotopic (exact) mass is 188 g/mol. The minimum Gasteiger partial charge on any atom is -0.381 e. The minimum atomic E-state index is -3.52. The average molecular weight is 188 g/mol. The highest BCUT2D eigenvalue weighted by molar-refractivity contribution is 7.86. The van der Waals surface area contributed by atoms with Crippen molar-refractivity contribution in [3.05, 3.63) is 18.3 Å². The normalized spacial score (nSPS) is 11.1. The SMILES string of the molecule is CS(=O)(=O)Oc1cccnc1N. The number of hydrogen-bond donors (Lipinski definition) is 1. The second kappa shape index (κ2) is 2.98. The minimum absolute atomic E-state index is 0.0556. The molecule has 0 aromatic carbocycles. The van der Waals surface area contributed by atoms with Crippen LogP contribution < -0.4 is 9.92 Å². The molecule has 0 saturated carbocycles. The van der Waals surface area contributed by atoms with E-state index in [1.165, 1.54) is 18.3 Å². The summed E-state index contributed by atoms with van der Waals surface area (Å²) in [7, 11) is -3.52. The largest absolute Gasteiger partial charge is 0.381 e. The Labute approximate surface area is 70.3 Å². The number of pyridine rings is 1. The fourth-order valence-corrected chi connectivity index (χ4v) is 1.10. The molecule has 0 spiro atoms. The fourth-order valence-electron chi connectivity index (χ4n) is 0.636. The molecule has 1 aromatic heterocycles. The van der Waals surface area contributed by atoms with Gasteiger partial charge in [0.15, 0.2) is 11.6 Å². The van der Waals surface area contributed by atoms with Gasteiger partial charge in [-0.3, -0.25) is 0 Å². The summed E-state index contributed by atoms with van der Waals surface area (Å²) in [5.74, 6) is 0.114. The lowest BCUT2D eigenvalue weighted by Gasteiger charge is -2.03. The molecule has 0 aliphatic heterocycles. The lowest BCUT2D eigenvalue weighted by Crippen LogP contribution is -2.07. The maximum atomic E-state index is 10.6. The standard InChI is InChI=1S/C6H8N2O3S/c1-12(9,10)11-5-3-2-4-8-6(5)7/h2-4H,1H3,(H2,7,8). The molecule has 5 nitrogen and oxygen atoms in total. The van der Waals surface area contributed by atoms with Crippen LogP contribution in [0, 0.1) is 0 Å². The molecule has 0 fully saturated rings. The zero-order valence-electron chi connectivity index (χ0n) is 6.39. The molecular weight excluding hydrogens is 180 g/mol. The molecular formula is C6H8N2O3S. The van der Waals surface area contributed by atoms with Crippen LogP contribution in [-0.2, 0) is 10.1 Å². The van der Waals surface area contributed by atoms with Crippen molar-refractivity contribution in [1.82, 2.24) is 4.98 Å². The van der Waals surface area contributed by atoms with Gasteiger partial charge < -0.3 is 9.92 Å². The molecule has 0 atom stereocenters. The number of nitrogens with zero attached hydrogens (tertiary/aromatic N) is 1. The lowest BCUT2D eigenvalue weighted by molar-refractivity contribution is 0.493. The van der Waals surface area contributed by atoms with Crippen LogP contribution in [-0.4, -0.2) is 19.7 Å². The van der Waals surface area contributed by atoms with E-state index < -0.39 is 10.1 Å². The topological polar surface area (TPSA) is 82.3 Å². The van der Waals surface area contributed by atoms with Crippen molar-refractivity contribution in [1.29, 1.82) is 0 Å². The van der Waals surface area contributed by atoms with Gasteiger partial charge in [0.25, 0.3) is 0 Å². The third kappa shape index (κ3) is 2.39. The third-order valence-electron chi connectivity index (χ3n) is 1.04. The van der Waals surface area contributed by atoms with E-state index in [9.17, 15) is 8.42 Å². The quantitative estimate of drug-likeness (QED) is 0.660. The summed E-state index contributed by atoms with van der Waals surface area (Å²) in [6.07, 6.45) is 2.39. The highest BCUT2D eigenvalue weighted by Crippen LogP contribution is 2.18. The maximum absolute atomic E-state index is 10.6. The van der Waals surface area contributed by atoms with E-state index in [0.29, 0.717) is 0 Å². The number of nitrogen functional groups attached to an aromatic ring is 1. The molecule has 0 radical (unpaired) electrons. The first-order valence-electron chi connectivity index (χ1n) is 3.09. The van der Waals surface area contributed by atoms with Gasteiger partial charge in [-0.1, -0.05) is 0 Å². The number of anilines is 1. The van der Waals surface area contributed by atoms with Gasteiger partial charge in [-0.25, -0.2) is 4.98 Å². The Bertz CT molecular complexity index is 374. The molecule has 12 heavy (non-hydrogen) atoms.